The summed E-state index contributed by atoms with van der Waals surface area (Å²) in [5.74, 6) is 0.877. The first-order chi connectivity index (χ1) is 8.16. The van der Waals surface area contributed by atoms with Crippen molar-refractivity contribution < 1.29 is 0 Å². The van der Waals surface area contributed by atoms with Gasteiger partial charge in [-0.3, -0.25) is 9.89 Å². The van der Waals surface area contributed by atoms with Gasteiger partial charge in [-0.2, -0.15) is 0 Å². The van der Waals surface area contributed by atoms with E-state index in [4.69, 9.17) is 0 Å². The van der Waals surface area contributed by atoms with Crippen LogP contribution in [0.4, 0.5) is 0 Å². The molecule has 2 aromatic heterocycles. The summed E-state index contributed by atoms with van der Waals surface area (Å²) in [7, 11) is 0. The lowest BCUT2D eigenvalue weighted by Crippen LogP contribution is -2.19. The van der Waals surface area contributed by atoms with E-state index in [1.54, 1.807) is 6.07 Å². The topological polar surface area (TPSA) is 50.2 Å². The van der Waals surface area contributed by atoms with Gasteiger partial charge in [0.1, 0.15) is 0 Å². The second-order valence-corrected chi connectivity index (χ2v) is 5.19. The van der Waals surface area contributed by atoms with Crippen molar-refractivity contribution >= 4 is 5.65 Å². The van der Waals surface area contributed by atoms with Crippen molar-refractivity contribution in [2.24, 2.45) is 0 Å². The minimum absolute atomic E-state index is 0.00352. The normalized spacial score (nSPS) is 16.6. The Morgan fingerprint density at radius 1 is 1.47 bits per heavy atom. The summed E-state index contributed by atoms with van der Waals surface area (Å²) < 4.78 is 1.54. The first kappa shape index (κ1) is 10.6. The molecule has 4 nitrogen and oxygen atoms in total. The van der Waals surface area contributed by atoms with E-state index in [0.717, 1.165) is 16.9 Å². The van der Waals surface area contributed by atoms with Crippen molar-refractivity contribution in [1.82, 2.24) is 14.6 Å². The van der Waals surface area contributed by atoms with Crippen LogP contribution < -0.4 is 5.56 Å². The van der Waals surface area contributed by atoms with Crippen molar-refractivity contribution in [1.29, 1.82) is 0 Å². The Hall–Kier alpha value is -1.58. The van der Waals surface area contributed by atoms with Crippen LogP contribution in [-0.4, -0.2) is 14.6 Å². The Kier molecular flexibility index (Phi) is 2.31. The Morgan fingerprint density at radius 3 is 2.82 bits per heavy atom. The molecule has 3 rings (SSSR count). The van der Waals surface area contributed by atoms with Crippen LogP contribution in [0.5, 0.6) is 0 Å². The lowest BCUT2D eigenvalue weighted by molar-refractivity contribution is 0.410. The van der Waals surface area contributed by atoms with E-state index in [-0.39, 0.29) is 5.56 Å². The Balaban J connectivity index is 2.21. The van der Waals surface area contributed by atoms with E-state index in [1.165, 1.54) is 23.8 Å². The van der Waals surface area contributed by atoms with Gasteiger partial charge in [0.25, 0.3) is 5.56 Å². The van der Waals surface area contributed by atoms with Crippen molar-refractivity contribution in [3.63, 3.8) is 0 Å². The van der Waals surface area contributed by atoms with Crippen LogP contribution in [0.2, 0.25) is 0 Å². The molecule has 2 aromatic rings. The highest BCUT2D eigenvalue weighted by Crippen LogP contribution is 2.35. The smallest absolute Gasteiger partial charge is 0.272 e. The number of aromatic nitrogens is 3. The molecule has 0 saturated heterocycles. The molecular formula is C13H17N3O. The third-order valence-corrected chi connectivity index (χ3v) is 3.69. The Morgan fingerprint density at radius 2 is 2.24 bits per heavy atom. The fourth-order valence-corrected chi connectivity index (χ4v) is 2.36. The first-order valence-electron chi connectivity index (χ1n) is 6.28. The summed E-state index contributed by atoms with van der Waals surface area (Å²) in [6.07, 6.45) is 5.49. The zero-order valence-electron chi connectivity index (χ0n) is 10.2. The van der Waals surface area contributed by atoms with E-state index in [9.17, 15) is 4.79 Å². The number of nitrogens with zero attached hydrogens (tertiary/aromatic N) is 2. The summed E-state index contributed by atoms with van der Waals surface area (Å²) in [6, 6.07) is 1.68. The first-order valence-corrected chi connectivity index (χ1v) is 6.28. The maximum atomic E-state index is 12.0. The minimum Gasteiger partial charge on any atom is -0.297 e. The molecule has 0 aliphatic heterocycles. The molecule has 1 N–H and O–H groups in total. The molecule has 1 fully saturated rings. The average Bonchev–Trinajstić information content (AvgIpc) is 2.58. The molecule has 17 heavy (non-hydrogen) atoms. The van der Waals surface area contributed by atoms with Crippen LogP contribution in [0.3, 0.4) is 0 Å². The number of aromatic amines is 1. The fraction of sp³-hybridized carbons (Fsp3) is 0.538. The van der Waals surface area contributed by atoms with E-state index in [1.807, 2.05) is 6.20 Å². The second-order valence-electron chi connectivity index (χ2n) is 5.19. The zero-order chi connectivity index (χ0) is 12.0. The number of fused-ring (bicyclic) bond motifs is 1. The van der Waals surface area contributed by atoms with Crippen LogP contribution in [0, 0.1) is 0 Å². The van der Waals surface area contributed by atoms with Gasteiger partial charge < -0.3 is 0 Å². The number of hydrogen-bond donors (Lipinski definition) is 1. The predicted molar refractivity (Wildman–Crippen MR) is 66.5 cm³/mol. The highest BCUT2D eigenvalue weighted by molar-refractivity contribution is 5.48. The van der Waals surface area contributed by atoms with Gasteiger partial charge >= 0.3 is 0 Å². The monoisotopic (exact) mass is 231 g/mol. The zero-order valence-corrected chi connectivity index (χ0v) is 10.2. The summed E-state index contributed by atoms with van der Waals surface area (Å²) in [5.41, 5.74) is 2.89. The SMILES string of the molecule is CC(C)c1c[nH]n2c(=O)cc(C3CCC3)nc12. The van der Waals surface area contributed by atoms with Gasteiger partial charge in [0.05, 0.1) is 5.69 Å². The maximum absolute atomic E-state index is 12.0. The molecule has 1 aliphatic rings. The van der Waals surface area contributed by atoms with Crippen LogP contribution in [-0.2, 0) is 0 Å². The van der Waals surface area contributed by atoms with Gasteiger partial charge in [-0.05, 0) is 18.8 Å². The van der Waals surface area contributed by atoms with Gasteiger partial charge in [-0.25, -0.2) is 9.50 Å². The molecule has 4 heteroatoms. The van der Waals surface area contributed by atoms with Gasteiger partial charge in [-0.1, -0.05) is 20.3 Å². The second kappa shape index (κ2) is 3.72. The quantitative estimate of drug-likeness (QED) is 0.862. The summed E-state index contributed by atoms with van der Waals surface area (Å²) in [6.45, 7) is 4.23. The fourth-order valence-electron chi connectivity index (χ4n) is 2.36. The molecule has 2 heterocycles. The van der Waals surface area contributed by atoms with Gasteiger partial charge in [0, 0.05) is 23.7 Å². The molecule has 0 aromatic carbocycles. The largest absolute Gasteiger partial charge is 0.297 e. The molecule has 1 aliphatic carbocycles. The molecule has 0 bridgehead atoms. The number of nitrogens with one attached hydrogen (secondary N) is 1. The molecular weight excluding hydrogens is 214 g/mol. The minimum atomic E-state index is 0.00352. The van der Waals surface area contributed by atoms with Gasteiger partial charge in [0.15, 0.2) is 5.65 Å². The highest BCUT2D eigenvalue weighted by Gasteiger charge is 2.22. The molecule has 0 atom stereocenters. The van der Waals surface area contributed by atoms with Crippen LogP contribution in [0.1, 0.15) is 56.2 Å². The molecule has 90 valence electrons. The molecule has 1 saturated carbocycles. The molecule has 0 amide bonds. The van der Waals surface area contributed by atoms with Crippen molar-refractivity contribution in [3.05, 3.63) is 33.9 Å². The van der Waals surface area contributed by atoms with Crippen LogP contribution in [0.25, 0.3) is 5.65 Å². The summed E-state index contributed by atoms with van der Waals surface area (Å²) in [5, 5.41) is 2.98. The average molecular weight is 231 g/mol. The van der Waals surface area contributed by atoms with Gasteiger partial charge in [-0.15, -0.1) is 0 Å². The number of rotatable bonds is 2. The van der Waals surface area contributed by atoms with Crippen LogP contribution in [0.15, 0.2) is 17.1 Å². The predicted octanol–water partition coefficient (Wildman–Crippen LogP) is 2.41. The summed E-state index contributed by atoms with van der Waals surface area (Å²) >= 11 is 0. The highest BCUT2D eigenvalue weighted by atomic mass is 16.1. The van der Waals surface area contributed by atoms with Crippen molar-refractivity contribution in [2.45, 2.75) is 44.9 Å². The maximum Gasteiger partial charge on any atom is 0.272 e. The third-order valence-electron chi connectivity index (χ3n) is 3.69. The van der Waals surface area contributed by atoms with E-state index < -0.39 is 0 Å². The standard InChI is InChI=1S/C13H17N3O/c1-8(2)10-7-14-16-12(17)6-11(15-13(10)16)9-4-3-5-9/h6-9,14H,3-5H2,1-2H3. The third kappa shape index (κ3) is 1.59. The van der Waals surface area contributed by atoms with Crippen molar-refractivity contribution in [3.8, 4) is 0 Å². The van der Waals surface area contributed by atoms with E-state index >= 15 is 0 Å². The lowest BCUT2D eigenvalue weighted by atomic mass is 9.83. The Bertz CT molecular complexity index is 605. The van der Waals surface area contributed by atoms with Gasteiger partial charge in [0.2, 0.25) is 0 Å². The lowest BCUT2D eigenvalue weighted by Gasteiger charge is -2.24. The molecule has 0 radical (unpaired) electrons. The number of hydrogen-bond acceptors (Lipinski definition) is 2. The van der Waals surface area contributed by atoms with E-state index in [2.05, 4.69) is 23.9 Å². The summed E-state index contributed by atoms with van der Waals surface area (Å²) in [4.78, 5) is 16.6. The number of H-pyrrole nitrogens is 1. The van der Waals surface area contributed by atoms with Crippen molar-refractivity contribution in [2.75, 3.05) is 0 Å². The molecule has 0 spiro atoms. The van der Waals surface area contributed by atoms with E-state index in [0.29, 0.717) is 11.8 Å². The Labute approximate surface area is 99.7 Å². The molecule has 0 unspecified atom stereocenters. The van der Waals surface area contributed by atoms with Crippen LogP contribution >= 0.6 is 0 Å².